The second-order valence-corrected chi connectivity index (χ2v) is 3.29. The Hall–Kier alpha value is -2.76. The topological polar surface area (TPSA) is 95.5 Å². The molecule has 2 aromatic heterocycles. The number of hydrogen-bond donors (Lipinski definition) is 1. The Labute approximate surface area is 102 Å². The monoisotopic (exact) mass is 246 g/mol. The van der Waals surface area contributed by atoms with E-state index < -0.39 is 17.6 Å². The molecule has 2 heterocycles. The predicted octanol–water partition coefficient (Wildman–Crippen LogP) is 0.393. The van der Waals surface area contributed by atoms with E-state index in [0.29, 0.717) is 0 Å². The van der Waals surface area contributed by atoms with Gasteiger partial charge in [0.15, 0.2) is 5.76 Å². The van der Waals surface area contributed by atoms with Gasteiger partial charge in [0.2, 0.25) is 0 Å². The molecule has 2 rings (SSSR count). The van der Waals surface area contributed by atoms with E-state index in [1.165, 1.54) is 24.7 Å². The quantitative estimate of drug-likeness (QED) is 0.787. The lowest BCUT2D eigenvalue weighted by Crippen LogP contribution is -2.35. The summed E-state index contributed by atoms with van der Waals surface area (Å²) in [6, 6.07) is 6.06. The van der Waals surface area contributed by atoms with Crippen LogP contribution < -0.4 is 10.4 Å². The van der Waals surface area contributed by atoms with Crippen LogP contribution in [0, 0.1) is 0 Å². The van der Waals surface area contributed by atoms with Gasteiger partial charge in [-0.05, 0) is 24.3 Å². The van der Waals surface area contributed by atoms with E-state index in [0.717, 1.165) is 6.08 Å². The molecule has 6 nitrogen and oxygen atoms in total. The van der Waals surface area contributed by atoms with Crippen LogP contribution in [0.3, 0.4) is 0 Å². The lowest BCUT2D eigenvalue weighted by molar-refractivity contribution is -0.299. The van der Waals surface area contributed by atoms with E-state index in [-0.39, 0.29) is 11.5 Å². The smallest absolute Gasteiger partial charge is 0.291 e. The molecule has 1 N–H and O–H groups in total. The number of furan rings is 2. The standard InChI is InChI=1S/C12H9NO5/c14-11(10-4-2-6-18-10)13-9(12(15)16)7-8-3-1-5-17-8/h1-7H,(H,13,14)(H,15,16)/p-1/b9-7-. The van der Waals surface area contributed by atoms with Gasteiger partial charge in [-0.2, -0.15) is 0 Å². The van der Waals surface area contributed by atoms with Gasteiger partial charge in [-0.1, -0.05) is 0 Å². The summed E-state index contributed by atoms with van der Waals surface area (Å²) in [5.41, 5.74) is -0.411. The molecular formula is C12H8NO5-. The molecule has 0 aromatic carbocycles. The van der Waals surface area contributed by atoms with E-state index in [1.54, 1.807) is 12.1 Å². The first-order chi connectivity index (χ1) is 8.66. The zero-order chi connectivity index (χ0) is 13.0. The van der Waals surface area contributed by atoms with Crippen LogP contribution >= 0.6 is 0 Å². The van der Waals surface area contributed by atoms with E-state index in [2.05, 4.69) is 5.32 Å². The molecule has 92 valence electrons. The number of nitrogens with one attached hydrogen (secondary N) is 1. The largest absolute Gasteiger partial charge is 0.543 e. The highest BCUT2D eigenvalue weighted by Gasteiger charge is 2.11. The van der Waals surface area contributed by atoms with Crippen LogP contribution in [0.1, 0.15) is 16.3 Å². The Bertz CT molecular complexity index is 566. The predicted molar refractivity (Wildman–Crippen MR) is 57.9 cm³/mol. The third-order valence-electron chi connectivity index (χ3n) is 2.04. The molecule has 1 amide bonds. The summed E-state index contributed by atoms with van der Waals surface area (Å²) in [7, 11) is 0. The maximum absolute atomic E-state index is 11.6. The average Bonchev–Trinajstić information content (AvgIpc) is 3.00. The summed E-state index contributed by atoms with van der Waals surface area (Å²) in [5, 5.41) is 13.0. The summed E-state index contributed by atoms with van der Waals surface area (Å²) < 4.78 is 9.78. The molecule has 0 spiro atoms. The number of hydrogen-bond acceptors (Lipinski definition) is 5. The fourth-order valence-electron chi connectivity index (χ4n) is 1.25. The van der Waals surface area contributed by atoms with Gasteiger partial charge < -0.3 is 24.1 Å². The molecule has 0 radical (unpaired) electrons. The summed E-state index contributed by atoms with van der Waals surface area (Å²) in [6.07, 6.45) is 3.84. The normalized spacial score (nSPS) is 11.2. The molecular weight excluding hydrogens is 238 g/mol. The Kier molecular flexibility index (Phi) is 3.29. The minimum Gasteiger partial charge on any atom is -0.543 e. The van der Waals surface area contributed by atoms with Crippen molar-refractivity contribution in [3.63, 3.8) is 0 Å². The Morgan fingerprint density at radius 2 is 1.89 bits per heavy atom. The van der Waals surface area contributed by atoms with Crippen molar-refractivity contribution in [2.24, 2.45) is 0 Å². The molecule has 0 bridgehead atoms. The van der Waals surface area contributed by atoms with Gasteiger partial charge in [-0.3, -0.25) is 4.79 Å². The van der Waals surface area contributed by atoms with Crippen LogP contribution in [0.4, 0.5) is 0 Å². The molecule has 0 aliphatic heterocycles. The van der Waals surface area contributed by atoms with Crippen molar-refractivity contribution in [2.75, 3.05) is 0 Å². The molecule has 2 aromatic rings. The molecule has 0 fully saturated rings. The first-order valence-corrected chi connectivity index (χ1v) is 4.98. The van der Waals surface area contributed by atoms with Crippen molar-refractivity contribution in [1.29, 1.82) is 0 Å². The average molecular weight is 246 g/mol. The molecule has 0 saturated heterocycles. The third kappa shape index (κ3) is 2.67. The molecule has 18 heavy (non-hydrogen) atoms. The molecule has 6 heteroatoms. The zero-order valence-electron chi connectivity index (χ0n) is 9.08. The summed E-state index contributed by atoms with van der Waals surface area (Å²) >= 11 is 0. The first-order valence-electron chi connectivity index (χ1n) is 4.98. The maximum Gasteiger partial charge on any atom is 0.291 e. The highest BCUT2D eigenvalue weighted by molar-refractivity contribution is 6.00. The van der Waals surface area contributed by atoms with E-state index in [9.17, 15) is 14.7 Å². The Balaban J connectivity index is 2.17. The second kappa shape index (κ2) is 5.05. The zero-order valence-corrected chi connectivity index (χ0v) is 9.08. The van der Waals surface area contributed by atoms with Crippen molar-refractivity contribution in [3.05, 3.63) is 54.0 Å². The lowest BCUT2D eigenvalue weighted by Gasteiger charge is -2.08. The van der Waals surface area contributed by atoms with Crippen LogP contribution in [-0.2, 0) is 4.79 Å². The lowest BCUT2D eigenvalue weighted by atomic mass is 10.3. The minimum atomic E-state index is -1.52. The Morgan fingerprint density at radius 1 is 1.17 bits per heavy atom. The number of carbonyl (C=O) groups excluding carboxylic acids is 2. The number of carboxylic acids is 1. The highest BCUT2D eigenvalue weighted by Crippen LogP contribution is 2.07. The molecule has 0 aliphatic carbocycles. The molecule has 0 saturated carbocycles. The van der Waals surface area contributed by atoms with Gasteiger partial charge in [-0.15, -0.1) is 0 Å². The van der Waals surface area contributed by atoms with Crippen molar-refractivity contribution in [3.8, 4) is 0 Å². The van der Waals surface area contributed by atoms with Gasteiger partial charge in [0, 0.05) is 6.08 Å². The summed E-state index contributed by atoms with van der Waals surface area (Å²) in [5.74, 6) is -1.91. The second-order valence-electron chi connectivity index (χ2n) is 3.29. The van der Waals surface area contributed by atoms with Gasteiger partial charge in [0.25, 0.3) is 5.91 Å². The number of amides is 1. The van der Waals surface area contributed by atoms with Crippen molar-refractivity contribution >= 4 is 18.0 Å². The van der Waals surface area contributed by atoms with Crippen LogP contribution in [-0.4, -0.2) is 11.9 Å². The van der Waals surface area contributed by atoms with Crippen LogP contribution in [0.25, 0.3) is 6.08 Å². The van der Waals surface area contributed by atoms with Crippen LogP contribution in [0.2, 0.25) is 0 Å². The van der Waals surface area contributed by atoms with Crippen molar-refractivity contribution in [1.82, 2.24) is 5.32 Å². The fourth-order valence-corrected chi connectivity index (χ4v) is 1.25. The summed E-state index contributed by atoms with van der Waals surface area (Å²) in [4.78, 5) is 22.4. The Morgan fingerprint density at radius 3 is 2.44 bits per heavy atom. The number of rotatable bonds is 4. The SMILES string of the molecule is O=C([O-])/C(=C/c1ccco1)NC(=O)c1ccco1. The summed E-state index contributed by atoms with van der Waals surface area (Å²) in [6.45, 7) is 0. The van der Waals surface area contributed by atoms with E-state index in [1.807, 2.05) is 0 Å². The number of carboxylic acid groups (broad SMARTS) is 1. The molecule has 0 unspecified atom stereocenters. The number of carbonyl (C=O) groups is 2. The molecule has 0 atom stereocenters. The van der Waals surface area contributed by atoms with Crippen molar-refractivity contribution in [2.45, 2.75) is 0 Å². The van der Waals surface area contributed by atoms with Gasteiger partial charge in [0.1, 0.15) is 5.76 Å². The van der Waals surface area contributed by atoms with Crippen LogP contribution in [0.15, 0.2) is 51.3 Å². The fraction of sp³-hybridized carbons (Fsp3) is 0. The third-order valence-corrected chi connectivity index (χ3v) is 2.04. The van der Waals surface area contributed by atoms with Gasteiger partial charge in [0.05, 0.1) is 24.2 Å². The first kappa shape index (κ1) is 11.7. The van der Waals surface area contributed by atoms with E-state index in [4.69, 9.17) is 8.83 Å². The van der Waals surface area contributed by atoms with E-state index >= 15 is 0 Å². The van der Waals surface area contributed by atoms with Gasteiger partial charge >= 0.3 is 0 Å². The number of aliphatic carboxylic acids is 1. The van der Waals surface area contributed by atoms with Crippen LogP contribution in [0.5, 0.6) is 0 Å². The van der Waals surface area contributed by atoms with Gasteiger partial charge in [-0.25, -0.2) is 0 Å². The maximum atomic E-state index is 11.6. The van der Waals surface area contributed by atoms with Crippen molar-refractivity contribution < 1.29 is 23.5 Å². The molecule has 0 aliphatic rings. The highest BCUT2D eigenvalue weighted by atomic mass is 16.4. The minimum absolute atomic E-state index is 0.00148.